The number of nitrogens with zero attached hydrogens (tertiary/aromatic N) is 3. The number of ether oxygens (including phenoxy) is 1. The highest BCUT2D eigenvalue weighted by molar-refractivity contribution is 6.05. The van der Waals surface area contributed by atoms with E-state index in [4.69, 9.17) is 0 Å². The molecule has 1 fully saturated rings. The van der Waals surface area contributed by atoms with E-state index in [0.717, 1.165) is 11.8 Å². The Morgan fingerprint density at radius 2 is 1.97 bits per heavy atom. The number of aromatic nitrogens is 2. The Kier molecular flexibility index (Phi) is 5.99. The highest BCUT2D eigenvalue weighted by Crippen LogP contribution is 2.37. The Morgan fingerprint density at radius 1 is 1.24 bits per heavy atom. The van der Waals surface area contributed by atoms with Crippen LogP contribution >= 0.6 is 0 Å². The number of esters is 1. The highest BCUT2D eigenvalue weighted by Gasteiger charge is 2.39. The van der Waals surface area contributed by atoms with Crippen LogP contribution in [-0.2, 0) is 10.9 Å². The van der Waals surface area contributed by atoms with Crippen molar-refractivity contribution in [1.29, 1.82) is 5.26 Å². The van der Waals surface area contributed by atoms with Crippen molar-refractivity contribution in [2.75, 3.05) is 12.4 Å². The Morgan fingerprint density at radius 3 is 2.61 bits per heavy atom. The molecular weight excluding hydrogens is 437 g/mol. The first kappa shape index (κ1) is 22.6. The van der Waals surface area contributed by atoms with Crippen molar-refractivity contribution in [3.8, 4) is 11.8 Å². The number of aliphatic hydroxyl groups excluding tert-OH is 1. The van der Waals surface area contributed by atoms with Gasteiger partial charge in [-0.2, -0.15) is 23.5 Å². The second kappa shape index (κ2) is 8.75. The van der Waals surface area contributed by atoms with Crippen LogP contribution in [0.1, 0.15) is 47.3 Å². The fraction of sp³-hybridized carbons (Fsp3) is 0.348. The number of methoxy groups -OCH3 is 1. The molecule has 7 nitrogen and oxygen atoms in total. The molecule has 0 amide bonds. The number of anilines is 1. The monoisotopic (exact) mass is 458 g/mol. The summed E-state index contributed by atoms with van der Waals surface area (Å²) in [4.78, 5) is 12.1. The molecule has 2 aromatic carbocycles. The van der Waals surface area contributed by atoms with Gasteiger partial charge in [0.1, 0.15) is 6.07 Å². The first-order valence-corrected chi connectivity index (χ1v) is 10.4. The molecule has 33 heavy (non-hydrogen) atoms. The topological polar surface area (TPSA) is 100 Å². The third kappa shape index (κ3) is 4.36. The molecule has 0 aliphatic heterocycles. The zero-order valence-corrected chi connectivity index (χ0v) is 17.7. The van der Waals surface area contributed by atoms with Crippen molar-refractivity contribution in [3.05, 3.63) is 53.2 Å². The molecule has 3 aromatic rings. The van der Waals surface area contributed by atoms with Gasteiger partial charge in [0.05, 0.1) is 41.2 Å². The van der Waals surface area contributed by atoms with Crippen LogP contribution in [0.5, 0.6) is 0 Å². The smallest absolute Gasteiger partial charge is 0.435 e. The molecule has 172 valence electrons. The average molecular weight is 458 g/mol. The van der Waals surface area contributed by atoms with E-state index in [0.29, 0.717) is 42.6 Å². The molecule has 1 aliphatic carbocycles. The summed E-state index contributed by atoms with van der Waals surface area (Å²) in [7, 11) is 1.10. The Hall–Kier alpha value is -3.58. The van der Waals surface area contributed by atoms with E-state index in [1.54, 1.807) is 6.07 Å². The number of rotatable bonds is 4. The van der Waals surface area contributed by atoms with Crippen LogP contribution in [-0.4, -0.2) is 40.1 Å². The van der Waals surface area contributed by atoms with Crippen LogP contribution in [0.3, 0.4) is 0 Å². The molecule has 0 radical (unpaired) electrons. The summed E-state index contributed by atoms with van der Waals surface area (Å²) in [6.45, 7) is 0. The SMILES string of the molecule is COC(=O)c1cccc2c1c(C(F)(F)F)nn2-c1ccc(C#N)c(N[C@H]2CC[C@H](O)CC2)c1. The molecule has 1 aliphatic rings. The van der Waals surface area contributed by atoms with Crippen LogP contribution in [0, 0.1) is 11.3 Å². The lowest BCUT2D eigenvalue weighted by molar-refractivity contribution is -0.140. The maximum atomic E-state index is 13.8. The van der Waals surface area contributed by atoms with Crippen molar-refractivity contribution in [2.24, 2.45) is 0 Å². The normalized spacial score (nSPS) is 18.7. The van der Waals surface area contributed by atoms with Crippen LogP contribution in [0.4, 0.5) is 18.9 Å². The van der Waals surface area contributed by atoms with Crippen molar-refractivity contribution < 1.29 is 27.8 Å². The minimum absolute atomic E-state index is 0.0294. The lowest BCUT2D eigenvalue weighted by Crippen LogP contribution is -2.28. The van der Waals surface area contributed by atoms with Crippen molar-refractivity contribution >= 4 is 22.6 Å². The van der Waals surface area contributed by atoms with E-state index < -0.39 is 17.8 Å². The molecule has 0 unspecified atom stereocenters. The standard InChI is InChI=1S/C23H21F3N4O3/c1-33-22(32)17-3-2-4-19-20(17)21(23(24,25)26)29-30(19)15-8-5-13(12-27)18(11-15)28-14-6-9-16(31)10-7-14/h2-5,8,11,14,16,28,31H,6-7,9-10H2,1H3/t14-,16-. The summed E-state index contributed by atoms with van der Waals surface area (Å²) >= 11 is 0. The van der Waals surface area contributed by atoms with E-state index >= 15 is 0 Å². The van der Waals surface area contributed by atoms with E-state index in [1.807, 2.05) is 0 Å². The van der Waals surface area contributed by atoms with Gasteiger partial charge in [-0.15, -0.1) is 0 Å². The third-order valence-corrected chi connectivity index (χ3v) is 5.81. The van der Waals surface area contributed by atoms with Crippen molar-refractivity contribution in [2.45, 2.75) is 44.0 Å². The van der Waals surface area contributed by atoms with E-state index in [1.165, 1.54) is 30.3 Å². The Bertz CT molecular complexity index is 1240. The number of hydrogen-bond acceptors (Lipinski definition) is 6. The number of aliphatic hydroxyl groups is 1. The molecule has 2 N–H and O–H groups in total. The van der Waals surface area contributed by atoms with Gasteiger partial charge in [-0.1, -0.05) is 6.07 Å². The van der Waals surface area contributed by atoms with Crippen LogP contribution in [0.25, 0.3) is 16.6 Å². The number of nitriles is 1. The van der Waals surface area contributed by atoms with E-state index in [2.05, 4.69) is 21.2 Å². The zero-order valence-electron chi connectivity index (χ0n) is 17.7. The predicted octanol–water partition coefficient (Wildman–Crippen LogP) is 4.42. The average Bonchev–Trinajstić information content (AvgIpc) is 3.20. The number of halogens is 3. The second-order valence-corrected chi connectivity index (χ2v) is 7.94. The van der Waals surface area contributed by atoms with Gasteiger partial charge in [-0.3, -0.25) is 0 Å². The summed E-state index contributed by atoms with van der Waals surface area (Å²) in [6, 6.07) is 10.9. The highest BCUT2D eigenvalue weighted by atomic mass is 19.4. The number of nitrogens with one attached hydrogen (secondary N) is 1. The molecule has 1 heterocycles. The molecule has 10 heteroatoms. The molecule has 0 bridgehead atoms. The molecule has 1 saturated carbocycles. The first-order chi connectivity index (χ1) is 15.7. The van der Waals surface area contributed by atoms with Crippen LogP contribution in [0.2, 0.25) is 0 Å². The zero-order chi connectivity index (χ0) is 23.8. The first-order valence-electron chi connectivity index (χ1n) is 10.4. The number of fused-ring (bicyclic) bond motifs is 1. The summed E-state index contributed by atoms with van der Waals surface area (Å²) in [5, 5.41) is 26.0. The van der Waals surface area contributed by atoms with Gasteiger partial charge in [0, 0.05) is 11.4 Å². The van der Waals surface area contributed by atoms with Gasteiger partial charge in [-0.25, -0.2) is 9.48 Å². The van der Waals surface area contributed by atoms with Crippen molar-refractivity contribution in [1.82, 2.24) is 9.78 Å². The number of carbonyl (C=O) groups excluding carboxylic acids is 1. The van der Waals surface area contributed by atoms with Crippen LogP contribution in [0.15, 0.2) is 36.4 Å². The maximum Gasteiger partial charge on any atom is 0.435 e. The number of alkyl halides is 3. The largest absolute Gasteiger partial charge is 0.465 e. The van der Waals surface area contributed by atoms with Crippen LogP contribution < -0.4 is 5.32 Å². The fourth-order valence-electron chi connectivity index (χ4n) is 4.17. The quantitative estimate of drug-likeness (QED) is 0.562. The van der Waals surface area contributed by atoms with Gasteiger partial charge in [0.25, 0.3) is 0 Å². The molecule has 1 aromatic heterocycles. The van der Waals surface area contributed by atoms with Crippen molar-refractivity contribution in [3.63, 3.8) is 0 Å². The summed E-state index contributed by atoms with van der Waals surface area (Å²) < 4.78 is 47.3. The molecule has 0 saturated heterocycles. The molecular formula is C23H21F3N4O3. The summed E-state index contributed by atoms with van der Waals surface area (Å²) in [5.41, 5.74) is -0.234. The van der Waals surface area contributed by atoms with Gasteiger partial charge in [-0.05, 0) is 56.0 Å². The Labute approximate surface area is 187 Å². The lowest BCUT2D eigenvalue weighted by Gasteiger charge is -2.27. The lowest BCUT2D eigenvalue weighted by atomic mass is 9.93. The molecule has 0 atom stereocenters. The van der Waals surface area contributed by atoms with E-state index in [-0.39, 0.29) is 28.6 Å². The number of carbonyl (C=O) groups is 1. The molecule has 4 rings (SSSR count). The minimum Gasteiger partial charge on any atom is -0.465 e. The number of hydrogen-bond donors (Lipinski definition) is 2. The summed E-state index contributed by atoms with van der Waals surface area (Å²) in [6.07, 6.45) is -2.46. The van der Waals surface area contributed by atoms with Gasteiger partial charge >= 0.3 is 12.1 Å². The third-order valence-electron chi connectivity index (χ3n) is 5.81. The molecule has 0 spiro atoms. The van der Waals surface area contributed by atoms with Gasteiger partial charge in [0.15, 0.2) is 5.69 Å². The minimum atomic E-state index is -4.80. The van der Waals surface area contributed by atoms with Gasteiger partial charge in [0.2, 0.25) is 0 Å². The maximum absolute atomic E-state index is 13.8. The Balaban J connectivity index is 1.84. The number of benzene rings is 2. The fourth-order valence-corrected chi connectivity index (χ4v) is 4.17. The van der Waals surface area contributed by atoms with Gasteiger partial charge < -0.3 is 15.2 Å². The van der Waals surface area contributed by atoms with E-state index in [9.17, 15) is 28.3 Å². The second-order valence-electron chi connectivity index (χ2n) is 7.94. The predicted molar refractivity (Wildman–Crippen MR) is 114 cm³/mol. The summed E-state index contributed by atoms with van der Waals surface area (Å²) in [5.74, 6) is -0.896.